The lowest BCUT2D eigenvalue weighted by Crippen LogP contribution is -2.44. The summed E-state index contributed by atoms with van der Waals surface area (Å²) in [5.74, 6) is 0.394. The maximum atomic E-state index is 10.4. The Labute approximate surface area is 101 Å². The van der Waals surface area contributed by atoms with Crippen molar-refractivity contribution in [3.8, 4) is 0 Å². The van der Waals surface area contributed by atoms with Gasteiger partial charge < -0.3 is 4.43 Å². The average molecular weight is 242 g/mol. The molecule has 0 bridgehead atoms. The van der Waals surface area contributed by atoms with Gasteiger partial charge >= 0.3 is 0 Å². The van der Waals surface area contributed by atoms with Gasteiger partial charge in [-0.25, -0.2) is 0 Å². The predicted molar refractivity (Wildman–Crippen MR) is 72.1 cm³/mol. The van der Waals surface area contributed by atoms with Crippen LogP contribution in [-0.4, -0.2) is 20.7 Å². The molecular formula is C13H26O2Si. The molecule has 2 nitrogen and oxygen atoms in total. The molecule has 0 N–H and O–H groups in total. The van der Waals surface area contributed by atoms with E-state index in [1.54, 1.807) is 0 Å². The van der Waals surface area contributed by atoms with Gasteiger partial charge in [0.15, 0.2) is 8.32 Å². The third-order valence-electron chi connectivity index (χ3n) is 3.27. The molecular weight excluding hydrogens is 216 g/mol. The average Bonchev–Trinajstić information content (AvgIpc) is 2.09. The summed E-state index contributed by atoms with van der Waals surface area (Å²) in [7, 11) is -1.75. The summed E-state index contributed by atoms with van der Waals surface area (Å²) in [5.41, 5.74) is 0. The minimum Gasteiger partial charge on any atom is -0.410 e. The normalized spacial score (nSPS) is 15.8. The Hall–Kier alpha value is -0.413. The van der Waals surface area contributed by atoms with Crippen molar-refractivity contribution in [2.45, 2.75) is 58.9 Å². The van der Waals surface area contributed by atoms with Crippen LogP contribution in [0.3, 0.4) is 0 Å². The molecule has 0 spiro atoms. The van der Waals surface area contributed by atoms with Gasteiger partial charge in [0.1, 0.15) is 6.29 Å². The largest absolute Gasteiger partial charge is 0.410 e. The van der Waals surface area contributed by atoms with E-state index in [4.69, 9.17) is 4.43 Å². The molecule has 0 heterocycles. The van der Waals surface area contributed by atoms with E-state index < -0.39 is 8.32 Å². The number of allylic oxidation sites excluding steroid dienone is 1. The topological polar surface area (TPSA) is 26.3 Å². The standard InChI is InChI=1S/C13H26O2Si/c1-11(2)12(9-8-10-14)15-16(6,7)13(3,4)5/h8-12H,1-7H3/b9-8+/t12-/m1/s1. The van der Waals surface area contributed by atoms with E-state index in [9.17, 15) is 4.79 Å². The fourth-order valence-electron chi connectivity index (χ4n) is 1.07. The molecule has 0 aromatic carbocycles. The molecule has 0 aromatic heterocycles. The van der Waals surface area contributed by atoms with Gasteiger partial charge in [0, 0.05) is 0 Å². The lowest BCUT2D eigenvalue weighted by Gasteiger charge is -2.39. The monoisotopic (exact) mass is 242 g/mol. The van der Waals surface area contributed by atoms with E-state index >= 15 is 0 Å². The van der Waals surface area contributed by atoms with Gasteiger partial charge in [0.05, 0.1) is 6.10 Å². The molecule has 94 valence electrons. The van der Waals surface area contributed by atoms with Gasteiger partial charge in [0.25, 0.3) is 0 Å². The zero-order valence-electron chi connectivity index (χ0n) is 11.7. The quantitative estimate of drug-likeness (QED) is 0.416. The lowest BCUT2D eigenvalue weighted by molar-refractivity contribution is -0.104. The minimum atomic E-state index is -1.75. The fraction of sp³-hybridized carbons (Fsp3) is 0.769. The summed E-state index contributed by atoms with van der Waals surface area (Å²) in [6.45, 7) is 15.4. The number of carbonyl (C=O) groups excluding carboxylic acids is 1. The summed E-state index contributed by atoms with van der Waals surface area (Å²) in [6, 6.07) is 0. The predicted octanol–water partition coefficient (Wildman–Crippen LogP) is 3.79. The van der Waals surface area contributed by atoms with Crippen LogP contribution in [0.5, 0.6) is 0 Å². The van der Waals surface area contributed by atoms with E-state index in [0.29, 0.717) is 5.92 Å². The van der Waals surface area contributed by atoms with Crippen LogP contribution in [0.25, 0.3) is 0 Å². The second-order valence-corrected chi connectivity index (χ2v) is 10.9. The highest BCUT2D eigenvalue weighted by Crippen LogP contribution is 2.38. The molecule has 0 fully saturated rings. The van der Waals surface area contributed by atoms with Crippen molar-refractivity contribution < 1.29 is 9.22 Å². The molecule has 0 unspecified atom stereocenters. The first-order valence-electron chi connectivity index (χ1n) is 5.91. The highest BCUT2D eigenvalue weighted by Gasteiger charge is 2.39. The fourth-order valence-corrected chi connectivity index (χ4v) is 2.45. The smallest absolute Gasteiger partial charge is 0.192 e. The molecule has 16 heavy (non-hydrogen) atoms. The number of hydrogen-bond acceptors (Lipinski definition) is 2. The second kappa shape index (κ2) is 5.78. The molecule has 0 aliphatic carbocycles. The van der Waals surface area contributed by atoms with Crippen LogP contribution in [0.4, 0.5) is 0 Å². The zero-order valence-corrected chi connectivity index (χ0v) is 12.7. The van der Waals surface area contributed by atoms with E-state index in [1.807, 2.05) is 6.08 Å². The molecule has 3 heteroatoms. The Morgan fingerprint density at radius 2 is 1.69 bits per heavy atom. The van der Waals surface area contributed by atoms with Crippen LogP contribution in [0.15, 0.2) is 12.2 Å². The van der Waals surface area contributed by atoms with Gasteiger partial charge in [-0.1, -0.05) is 40.7 Å². The first-order valence-corrected chi connectivity index (χ1v) is 8.82. The third kappa shape index (κ3) is 4.62. The van der Waals surface area contributed by atoms with Crippen LogP contribution >= 0.6 is 0 Å². The Bertz CT molecular complexity index is 249. The highest BCUT2D eigenvalue weighted by atomic mass is 28.4. The summed E-state index contributed by atoms with van der Waals surface area (Å²) < 4.78 is 6.26. The van der Waals surface area contributed by atoms with Crippen LogP contribution < -0.4 is 0 Å². The molecule has 0 aliphatic rings. The number of aldehydes is 1. The first-order chi connectivity index (χ1) is 7.12. The Kier molecular flexibility index (Phi) is 5.63. The van der Waals surface area contributed by atoms with Crippen molar-refractivity contribution in [2.75, 3.05) is 0 Å². The Morgan fingerprint density at radius 3 is 2.00 bits per heavy atom. The number of hydrogen-bond donors (Lipinski definition) is 0. The van der Waals surface area contributed by atoms with Gasteiger partial charge in [-0.15, -0.1) is 0 Å². The zero-order chi connectivity index (χ0) is 13.0. The van der Waals surface area contributed by atoms with Gasteiger partial charge in [-0.3, -0.25) is 4.79 Å². The summed E-state index contributed by atoms with van der Waals surface area (Å²) in [6.07, 6.45) is 4.27. The molecule has 0 saturated heterocycles. The lowest BCUT2D eigenvalue weighted by atomic mass is 10.1. The van der Waals surface area contributed by atoms with Crippen molar-refractivity contribution in [1.29, 1.82) is 0 Å². The minimum absolute atomic E-state index is 0.0473. The van der Waals surface area contributed by atoms with E-state index in [1.165, 1.54) is 6.08 Å². The summed E-state index contributed by atoms with van der Waals surface area (Å²) >= 11 is 0. The number of carbonyl (C=O) groups is 1. The van der Waals surface area contributed by atoms with Crippen molar-refractivity contribution in [1.82, 2.24) is 0 Å². The highest BCUT2D eigenvalue weighted by molar-refractivity contribution is 6.74. The van der Waals surface area contributed by atoms with Crippen LogP contribution in [0.1, 0.15) is 34.6 Å². The van der Waals surface area contributed by atoms with Crippen LogP contribution in [0, 0.1) is 5.92 Å². The van der Waals surface area contributed by atoms with Gasteiger partial charge in [-0.2, -0.15) is 0 Å². The Balaban J connectivity index is 4.75. The van der Waals surface area contributed by atoms with E-state index in [0.717, 1.165) is 6.29 Å². The van der Waals surface area contributed by atoms with Crippen molar-refractivity contribution in [3.63, 3.8) is 0 Å². The van der Waals surface area contributed by atoms with Gasteiger partial charge in [-0.05, 0) is 30.1 Å². The summed E-state index contributed by atoms with van der Waals surface area (Å²) in [4.78, 5) is 10.4. The van der Waals surface area contributed by atoms with E-state index in [-0.39, 0.29) is 11.1 Å². The Morgan fingerprint density at radius 1 is 1.19 bits per heavy atom. The van der Waals surface area contributed by atoms with Crippen molar-refractivity contribution >= 4 is 14.6 Å². The molecule has 0 aliphatic heterocycles. The van der Waals surface area contributed by atoms with Crippen LogP contribution in [-0.2, 0) is 9.22 Å². The molecule has 0 saturated carbocycles. The molecule has 0 radical (unpaired) electrons. The second-order valence-electron chi connectivity index (χ2n) is 6.11. The maximum absolute atomic E-state index is 10.4. The molecule has 0 rings (SSSR count). The first kappa shape index (κ1) is 15.6. The molecule has 0 amide bonds. The molecule has 0 aromatic rings. The molecule has 1 atom stereocenters. The van der Waals surface area contributed by atoms with Gasteiger partial charge in [0.2, 0.25) is 0 Å². The third-order valence-corrected chi connectivity index (χ3v) is 7.75. The number of rotatable bonds is 5. The van der Waals surface area contributed by atoms with Crippen molar-refractivity contribution in [2.24, 2.45) is 5.92 Å². The van der Waals surface area contributed by atoms with Crippen molar-refractivity contribution in [3.05, 3.63) is 12.2 Å². The summed E-state index contributed by atoms with van der Waals surface area (Å²) in [5, 5.41) is 0.204. The van der Waals surface area contributed by atoms with E-state index in [2.05, 4.69) is 47.7 Å². The van der Waals surface area contributed by atoms with Crippen LogP contribution in [0.2, 0.25) is 18.1 Å². The SMILES string of the molecule is CC(C)[C@@H](/C=C/C=O)O[Si](C)(C)C(C)(C)C. The maximum Gasteiger partial charge on any atom is 0.192 e.